The monoisotopic (exact) mass is 794 g/mol. The molecule has 1 aromatic carbocycles. The number of sulfonamides is 1. The van der Waals surface area contributed by atoms with E-state index in [1.54, 1.807) is 13.0 Å². The summed E-state index contributed by atoms with van der Waals surface area (Å²) in [6.07, 6.45) is -1.78. The number of hydrogen-bond acceptors (Lipinski definition) is 10. The highest BCUT2D eigenvalue weighted by Crippen LogP contribution is 2.48. The van der Waals surface area contributed by atoms with E-state index < -0.39 is 98.4 Å². The van der Waals surface area contributed by atoms with Crippen LogP contribution >= 0.6 is 0 Å². The van der Waals surface area contributed by atoms with Crippen molar-refractivity contribution < 1.29 is 55.3 Å². The Bertz CT molecular complexity index is 2010. The van der Waals surface area contributed by atoms with Crippen LogP contribution < -0.4 is 24.8 Å². The number of methoxy groups -OCH3 is 1. The Morgan fingerprint density at radius 3 is 2.51 bits per heavy atom. The standard InChI is InChI=1S/C36H45F3N6O9S/c1-5-20-14-19(2)8-6-7-9-21-17-35(21,32(48)44-55(51,52)34(3)12-13-34)43-29(46)26-16-23(18-45(26)31(47)27(20)42-33(49)50)54-30-28(36(37,38)39)40-24-11-10-22(53-4)15-25(24)41-30/h7,9-11,15,19-21,23,26-27,42H,5-6,8,12-14,16-18H2,1-4H3,(H,43,46)(H,44,48)(H,49,50)/t19-,20-,21-,23-,26+,27+,35-/m1/s1. The molecule has 2 saturated carbocycles. The van der Waals surface area contributed by atoms with Gasteiger partial charge in [-0.2, -0.15) is 13.2 Å². The van der Waals surface area contributed by atoms with Crippen LogP contribution in [0.5, 0.6) is 11.6 Å². The maximum absolute atomic E-state index is 14.5. The second-order valence-corrected chi connectivity index (χ2v) is 17.5. The number of benzene rings is 1. The number of carboxylic acid groups (broad SMARTS) is 1. The van der Waals surface area contributed by atoms with Gasteiger partial charge in [-0.05, 0) is 69.4 Å². The maximum Gasteiger partial charge on any atom is 0.438 e. The number of ether oxygens (including phenoxy) is 2. The Kier molecular flexibility index (Phi) is 10.7. The van der Waals surface area contributed by atoms with Crippen molar-refractivity contribution in [3.8, 4) is 11.6 Å². The number of aromatic nitrogens is 2. The van der Waals surface area contributed by atoms with Crippen LogP contribution in [-0.2, 0) is 30.6 Å². The van der Waals surface area contributed by atoms with E-state index in [9.17, 15) is 45.9 Å². The van der Waals surface area contributed by atoms with Gasteiger partial charge >= 0.3 is 12.3 Å². The molecule has 300 valence electrons. The predicted molar refractivity (Wildman–Crippen MR) is 190 cm³/mol. The largest absolute Gasteiger partial charge is 0.497 e. The van der Waals surface area contributed by atoms with E-state index in [1.165, 1.54) is 32.2 Å². The molecule has 0 radical (unpaired) electrons. The molecule has 0 spiro atoms. The molecule has 0 bridgehead atoms. The van der Waals surface area contributed by atoms with Crippen LogP contribution in [0.3, 0.4) is 0 Å². The fraction of sp³-hybridized carbons (Fsp3) is 0.611. The van der Waals surface area contributed by atoms with Gasteiger partial charge in [-0.25, -0.2) is 23.2 Å². The fourth-order valence-electron chi connectivity index (χ4n) is 7.52. The van der Waals surface area contributed by atoms with E-state index in [4.69, 9.17) is 9.47 Å². The van der Waals surface area contributed by atoms with Crippen LogP contribution in [0.2, 0.25) is 0 Å². The Labute approximate surface area is 315 Å². The van der Waals surface area contributed by atoms with Crippen LogP contribution in [0.25, 0.3) is 11.0 Å². The van der Waals surface area contributed by atoms with Crippen molar-refractivity contribution in [1.82, 2.24) is 30.2 Å². The number of allylic oxidation sites excluding steroid dienone is 1. The van der Waals surface area contributed by atoms with Crippen LogP contribution in [-0.4, -0.2) is 94.3 Å². The number of carbonyl (C=O) groups excluding carboxylic acids is 3. The third-order valence-electron chi connectivity index (χ3n) is 11.3. The molecular formula is C36H45F3N6O9S. The lowest BCUT2D eigenvalue weighted by Crippen LogP contribution is -2.59. The highest BCUT2D eigenvalue weighted by Gasteiger charge is 2.63. The average Bonchev–Trinajstić information content (AvgIpc) is 4.00. The van der Waals surface area contributed by atoms with Crippen LogP contribution in [0, 0.1) is 17.8 Å². The summed E-state index contributed by atoms with van der Waals surface area (Å²) in [5.74, 6) is -4.36. The lowest BCUT2D eigenvalue weighted by atomic mass is 9.85. The quantitative estimate of drug-likeness (QED) is 0.282. The smallest absolute Gasteiger partial charge is 0.438 e. The van der Waals surface area contributed by atoms with Crippen LogP contribution in [0.15, 0.2) is 30.4 Å². The number of rotatable bonds is 8. The number of nitrogens with one attached hydrogen (secondary N) is 3. The van der Waals surface area contributed by atoms with Gasteiger partial charge in [-0.15, -0.1) is 0 Å². The summed E-state index contributed by atoms with van der Waals surface area (Å²) in [7, 11) is -2.74. The van der Waals surface area contributed by atoms with Crippen molar-refractivity contribution in [2.45, 2.75) is 107 Å². The molecule has 2 aliphatic heterocycles. The number of amides is 4. The van der Waals surface area contributed by atoms with E-state index in [0.29, 0.717) is 44.3 Å². The number of fused-ring (bicyclic) bond motifs is 3. The predicted octanol–water partition coefficient (Wildman–Crippen LogP) is 3.92. The highest BCUT2D eigenvalue weighted by molar-refractivity contribution is 7.91. The van der Waals surface area contributed by atoms with E-state index in [1.807, 2.05) is 13.0 Å². The molecule has 4 aliphatic rings. The van der Waals surface area contributed by atoms with E-state index in [-0.39, 0.29) is 29.8 Å². The molecule has 4 N–H and O–H groups in total. The molecule has 19 heteroatoms. The first-order valence-electron chi connectivity index (χ1n) is 18.3. The summed E-state index contributed by atoms with van der Waals surface area (Å²) >= 11 is 0. The summed E-state index contributed by atoms with van der Waals surface area (Å²) in [6.45, 7) is 4.81. The molecule has 55 heavy (non-hydrogen) atoms. The molecule has 4 amide bonds. The minimum absolute atomic E-state index is 0.0124. The van der Waals surface area contributed by atoms with Gasteiger partial charge in [0.2, 0.25) is 33.4 Å². The summed E-state index contributed by atoms with van der Waals surface area (Å²) < 4.78 is 81.3. The second-order valence-electron chi connectivity index (χ2n) is 15.3. The molecule has 2 aliphatic carbocycles. The van der Waals surface area contributed by atoms with Crippen molar-refractivity contribution in [2.24, 2.45) is 17.8 Å². The molecule has 3 heterocycles. The fourth-order valence-corrected chi connectivity index (χ4v) is 8.83. The molecule has 15 nitrogen and oxygen atoms in total. The summed E-state index contributed by atoms with van der Waals surface area (Å²) in [5, 5.41) is 14.8. The zero-order valence-corrected chi connectivity index (χ0v) is 31.6. The number of alkyl halides is 3. The van der Waals surface area contributed by atoms with E-state index >= 15 is 0 Å². The van der Waals surface area contributed by atoms with Crippen molar-refractivity contribution in [3.05, 3.63) is 36.0 Å². The minimum atomic E-state index is -5.01. The molecular weight excluding hydrogens is 749 g/mol. The van der Waals surface area contributed by atoms with Crippen molar-refractivity contribution >= 4 is 44.9 Å². The molecule has 1 aromatic heterocycles. The maximum atomic E-state index is 14.5. The highest BCUT2D eigenvalue weighted by atomic mass is 32.2. The molecule has 7 atom stereocenters. The number of hydrogen-bond donors (Lipinski definition) is 4. The van der Waals surface area contributed by atoms with Crippen LogP contribution in [0.4, 0.5) is 18.0 Å². The Morgan fingerprint density at radius 1 is 1.15 bits per heavy atom. The molecule has 3 fully saturated rings. The van der Waals surface area contributed by atoms with Crippen LogP contribution in [0.1, 0.15) is 77.8 Å². The zero-order chi connectivity index (χ0) is 40.1. The van der Waals surface area contributed by atoms with Crippen molar-refractivity contribution in [2.75, 3.05) is 13.7 Å². The Hall–Kier alpha value is -4.68. The number of nitrogens with zero attached hydrogens (tertiary/aromatic N) is 3. The molecule has 6 rings (SSSR count). The first kappa shape index (κ1) is 40.0. The summed E-state index contributed by atoms with van der Waals surface area (Å²) in [6, 6.07) is 1.29. The topological polar surface area (TPSA) is 206 Å². The molecule has 0 unspecified atom stereocenters. The minimum Gasteiger partial charge on any atom is -0.497 e. The van der Waals surface area contributed by atoms with E-state index in [2.05, 4.69) is 25.3 Å². The second kappa shape index (κ2) is 14.8. The molecule has 1 saturated heterocycles. The van der Waals surface area contributed by atoms with Gasteiger partial charge in [-0.3, -0.25) is 19.1 Å². The van der Waals surface area contributed by atoms with Crippen molar-refractivity contribution in [1.29, 1.82) is 0 Å². The lowest BCUT2D eigenvalue weighted by molar-refractivity contribution is -0.143. The molecule has 2 aromatic rings. The number of halogens is 3. The van der Waals surface area contributed by atoms with E-state index in [0.717, 1.165) is 4.90 Å². The van der Waals surface area contributed by atoms with Gasteiger partial charge in [0.15, 0.2) is 0 Å². The average molecular weight is 795 g/mol. The lowest BCUT2D eigenvalue weighted by Gasteiger charge is -2.33. The zero-order valence-electron chi connectivity index (χ0n) is 30.8. The SMILES string of the molecule is CC[C@@H]1C[C@H](C)CCC=C[C@@H]2C[C@@]2(C(=O)NS(=O)(=O)C2(C)CC2)NC(=O)[C@@H]2C[C@@H](Oc3nc4cc(OC)ccc4nc3C(F)(F)F)CN2C(=O)[C@H]1NC(=O)O. The normalized spacial score (nSPS) is 29.5. The first-order valence-corrected chi connectivity index (χ1v) is 19.7. The van der Waals surface area contributed by atoms with Gasteiger partial charge < -0.3 is 30.1 Å². The Balaban J connectivity index is 1.38. The number of carbonyl (C=O) groups is 4. The van der Waals surface area contributed by atoms with Gasteiger partial charge in [0.25, 0.3) is 5.91 Å². The summed E-state index contributed by atoms with van der Waals surface area (Å²) in [4.78, 5) is 63.6. The van der Waals surface area contributed by atoms with Crippen molar-refractivity contribution in [3.63, 3.8) is 0 Å². The summed E-state index contributed by atoms with van der Waals surface area (Å²) in [5.41, 5.74) is -3.22. The van der Waals surface area contributed by atoms with Gasteiger partial charge in [0, 0.05) is 18.4 Å². The third kappa shape index (κ3) is 8.16. The van der Waals surface area contributed by atoms with Gasteiger partial charge in [0.05, 0.1) is 29.4 Å². The Morgan fingerprint density at radius 2 is 1.87 bits per heavy atom. The first-order chi connectivity index (χ1) is 25.8. The third-order valence-corrected chi connectivity index (χ3v) is 13.4. The van der Waals surface area contributed by atoms with Gasteiger partial charge in [0.1, 0.15) is 29.5 Å². The van der Waals surface area contributed by atoms with Gasteiger partial charge in [-0.1, -0.05) is 32.4 Å².